The first-order chi connectivity index (χ1) is 30.7. The molecule has 0 N–H and O–H groups in total. The van der Waals surface area contributed by atoms with Crippen LogP contribution in [-0.4, -0.2) is 19.9 Å². The monoisotopic (exact) mass is 790 g/mol. The van der Waals surface area contributed by atoms with Crippen molar-refractivity contribution < 1.29 is 0 Å². The summed E-state index contributed by atoms with van der Waals surface area (Å²) in [5.41, 5.74) is 15.4. The summed E-state index contributed by atoms with van der Waals surface area (Å²) in [6, 6.07) is 78.7. The zero-order chi connectivity index (χ0) is 41.2. The predicted octanol–water partition coefficient (Wildman–Crippen LogP) is 14.9. The van der Waals surface area contributed by atoms with Crippen LogP contribution in [0.3, 0.4) is 0 Å². The summed E-state index contributed by atoms with van der Waals surface area (Å²) >= 11 is 0. The summed E-state index contributed by atoms with van der Waals surface area (Å²) in [5.74, 6) is 1.89. The van der Waals surface area contributed by atoms with Gasteiger partial charge in [-0.2, -0.15) is 0 Å². The van der Waals surface area contributed by atoms with Crippen molar-refractivity contribution in [2.24, 2.45) is 0 Å². The molecule has 0 atom stereocenters. The molecular weight excluding hydrogens is 753 g/mol. The van der Waals surface area contributed by atoms with Gasteiger partial charge in [0.25, 0.3) is 0 Å². The van der Waals surface area contributed by atoms with E-state index in [1.165, 1.54) is 38.6 Å². The quantitative estimate of drug-likeness (QED) is 0.144. The third kappa shape index (κ3) is 7.31. The fraction of sp³-hybridized carbons (Fsp3) is 0. The molecule has 0 aliphatic rings. The van der Waals surface area contributed by atoms with Gasteiger partial charge in [-0.1, -0.05) is 218 Å². The number of pyridine rings is 1. The molecule has 0 fully saturated rings. The minimum absolute atomic E-state index is 0.628. The average Bonchev–Trinajstić information content (AvgIpc) is 3.37. The Morgan fingerprint density at radius 2 is 0.532 bits per heavy atom. The van der Waals surface area contributed by atoms with Gasteiger partial charge in [0.05, 0.1) is 5.52 Å². The van der Waals surface area contributed by atoms with Crippen LogP contribution in [0.5, 0.6) is 0 Å². The van der Waals surface area contributed by atoms with Crippen molar-refractivity contribution in [2.45, 2.75) is 0 Å². The van der Waals surface area contributed by atoms with Gasteiger partial charge in [-0.3, -0.25) is 4.98 Å². The highest BCUT2D eigenvalue weighted by Crippen LogP contribution is 2.33. The third-order valence-electron chi connectivity index (χ3n) is 11.6. The topological polar surface area (TPSA) is 51.6 Å². The fourth-order valence-corrected chi connectivity index (χ4v) is 8.21. The Labute approximate surface area is 360 Å². The number of hydrogen-bond acceptors (Lipinski definition) is 4. The zero-order valence-corrected chi connectivity index (χ0v) is 33.7. The number of hydrogen-bond donors (Lipinski definition) is 0. The third-order valence-corrected chi connectivity index (χ3v) is 11.6. The highest BCUT2D eigenvalue weighted by Gasteiger charge is 2.14. The van der Waals surface area contributed by atoms with Gasteiger partial charge in [0.1, 0.15) is 0 Å². The Bertz CT molecular complexity index is 3230. The molecule has 2 aromatic heterocycles. The lowest BCUT2D eigenvalue weighted by molar-refractivity contribution is 1.07. The van der Waals surface area contributed by atoms with Crippen molar-refractivity contribution in [3.05, 3.63) is 231 Å². The summed E-state index contributed by atoms with van der Waals surface area (Å²) in [7, 11) is 0. The van der Waals surface area contributed by atoms with Gasteiger partial charge < -0.3 is 0 Å². The van der Waals surface area contributed by atoms with Crippen LogP contribution in [-0.2, 0) is 0 Å². The molecule has 2 heterocycles. The van der Waals surface area contributed by atoms with E-state index in [4.69, 9.17) is 19.9 Å². The van der Waals surface area contributed by atoms with Crippen molar-refractivity contribution in [2.75, 3.05) is 0 Å². The van der Waals surface area contributed by atoms with Gasteiger partial charge in [-0.25, -0.2) is 15.0 Å². The summed E-state index contributed by atoms with van der Waals surface area (Å²) < 4.78 is 0. The Kier molecular flexibility index (Phi) is 9.49. The van der Waals surface area contributed by atoms with Crippen molar-refractivity contribution in [1.82, 2.24) is 19.9 Å². The van der Waals surface area contributed by atoms with E-state index in [0.717, 1.165) is 55.4 Å². The van der Waals surface area contributed by atoms with Gasteiger partial charge in [0.15, 0.2) is 17.5 Å². The molecule has 0 saturated heterocycles. The fourth-order valence-electron chi connectivity index (χ4n) is 8.21. The number of benzene rings is 9. The lowest BCUT2D eigenvalue weighted by Gasteiger charge is -2.11. The van der Waals surface area contributed by atoms with Crippen LogP contribution >= 0.6 is 0 Å². The Balaban J connectivity index is 0.855. The van der Waals surface area contributed by atoms with Crippen LogP contribution in [0.15, 0.2) is 231 Å². The van der Waals surface area contributed by atoms with E-state index in [1.54, 1.807) is 0 Å². The number of rotatable bonds is 8. The summed E-state index contributed by atoms with van der Waals surface area (Å²) in [5, 5.41) is 3.56. The van der Waals surface area contributed by atoms with E-state index in [2.05, 4.69) is 212 Å². The van der Waals surface area contributed by atoms with Crippen molar-refractivity contribution in [3.8, 4) is 89.8 Å². The van der Waals surface area contributed by atoms with Crippen LogP contribution in [0, 0.1) is 0 Å². The minimum atomic E-state index is 0.628. The number of aromatic nitrogens is 4. The van der Waals surface area contributed by atoms with Gasteiger partial charge in [0.2, 0.25) is 0 Å². The minimum Gasteiger partial charge on any atom is -0.256 e. The molecule has 0 aliphatic heterocycles. The number of fused-ring (bicyclic) bond motifs is 3. The van der Waals surface area contributed by atoms with E-state index in [0.29, 0.717) is 17.5 Å². The highest BCUT2D eigenvalue weighted by molar-refractivity contribution is 6.06. The van der Waals surface area contributed by atoms with Gasteiger partial charge >= 0.3 is 0 Å². The van der Waals surface area contributed by atoms with Crippen molar-refractivity contribution in [3.63, 3.8) is 0 Å². The van der Waals surface area contributed by atoms with Crippen LogP contribution in [0.1, 0.15) is 0 Å². The van der Waals surface area contributed by atoms with E-state index in [1.807, 2.05) is 18.3 Å². The van der Waals surface area contributed by atoms with E-state index in [-0.39, 0.29) is 0 Å². The molecule has 9 aromatic carbocycles. The lowest BCUT2D eigenvalue weighted by atomic mass is 9.97. The largest absolute Gasteiger partial charge is 0.256 e. The molecular formula is C58H38N4. The second-order valence-corrected chi connectivity index (χ2v) is 15.5. The maximum atomic E-state index is 5.04. The second kappa shape index (κ2) is 16.0. The second-order valence-electron chi connectivity index (χ2n) is 15.5. The van der Waals surface area contributed by atoms with E-state index in [9.17, 15) is 0 Å². The summed E-state index contributed by atoms with van der Waals surface area (Å²) in [4.78, 5) is 19.9. The maximum absolute atomic E-state index is 5.04. The highest BCUT2D eigenvalue weighted by atomic mass is 15.0. The van der Waals surface area contributed by atoms with Gasteiger partial charge in [-0.15, -0.1) is 0 Å². The number of nitrogens with zero attached hydrogens (tertiary/aromatic N) is 4. The van der Waals surface area contributed by atoms with E-state index < -0.39 is 0 Å². The van der Waals surface area contributed by atoms with Crippen LogP contribution in [0.25, 0.3) is 111 Å². The van der Waals surface area contributed by atoms with Gasteiger partial charge in [-0.05, 0) is 67.1 Å². The average molecular weight is 791 g/mol. The first-order valence-corrected chi connectivity index (χ1v) is 20.9. The summed E-state index contributed by atoms with van der Waals surface area (Å²) in [6.45, 7) is 0. The Morgan fingerprint density at radius 1 is 0.226 bits per heavy atom. The lowest BCUT2D eigenvalue weighted by Crippen LogP contribution is -2.00. The maximum Gasteiger partial charge on any atom is 0.164 e. The molecule has 0 saturated carbocycles. The van der Waals surface area contributed by atoms with Gasteiger partial charge in [0, 0.05) is 33.7 Å². The smallest absolute Gasteiger partial charge is 0.164 e. The Hall–Kier alpha value is -8.34. The molecule has 0 radical (unpaired) electrons. The molecule has 0 unspecified atom stereocenters. The molecule has 290 valence electrons. The first kappa shape index (κ1) is 36.7. The molecule has 0 amide bonds. The van der Waals surface area contributed by atoms with E-state index >= 15 is 0 Å². The van der Waals surface area contributed by atoms with Crippen LogP contribution in [0.4, 0.5) is 0 Å². The molecule has 0 bridgehead atoms. The molecule has 4 heteroatoms. The molecule has 11 rings (SSSR count). The normalized spacial score (nSPS) is 11.2. The standard InChI is InChI=1S/C58H38N4/c1-3-9-39(10-4-1)41-23-29-48(30-24-41)56-60-57(49-31-25-42(26-32-49)40-11-5-2-6-12-40)62-58(61-56)50-33-27-46(28-34-50)44-17-15-43(16-18-44)45-19-21-47(22-20-45)51-35-36-54-53-14-8-7-13-52(53)38-59-55(54)37-51/h1-38H. The van der Waals surface area contributed by atoms with Crippen LogP contribution in [0.2, 0.25) is 0 Å². The molecule has 4 nitrogen and oxygen atoms in total. The first-order valence-electron chi connectivity index (χ1n) is 20.9. The van der Waals surface area contributed by atoms with Crippen molar-refractivity contribution >= 4 is 21.7 Å². The molecule has 0 spiro atoms. The molecule has 0 aliphatic carbocycles. The molecule has 62 heavy (non-hydrogen) atoms. The molecule has 11 aromatic rings. The SMILES string of the molecule is c1ccc(-c2ccc(-c3nc(-c4ccc(-c5ccccc5)cc4)nc(-c4ccc(-c5ccc(-c6ccc(-c7ccc8c(c7)ncc7ccccc78)cc6)cc5)cc4)n3)cc2)cc1. The van der Waals surface area contributed by atoms with Crippen molar-refractivity contribution in [1.29, 1.82) is 0 Å². The Morgan fingerprint density at radius 3 is 0.935 bits per heavy atom. The summed E-state index contributed by atoms with van der Waals surface area (Å²) in [6.07, 6.45) is 1.96. The van der Waals surface area contributed by atoms with Crippen LogP contribution < -0.4 is 0 Å². The zero-order valence-electron chi connectivity index (χ0n) is 33.7. The predicted molar refractivity (Wildman–Crippen MR) is 256 cm³/mol.